The van der Waals surface area contributed by atoms with Crippen LogP contribution in [0.2, 0.25) is 0 Å². The number of carbonyl (C=O) groups excluding carboxylic acids is 1. The molecule has 4 nitrogen and oxygen atoms in total. The number of ether oxygens (including phenoxy) is 2. The van der Waals surface area contributed by atoms with Crippen molar-refractivity contribution in [3.05, 3.63) is 36.0 Å². The SMILES string of the molecule is COc1ccc(C(=O)C=CN)c(OC)c1. The Labute approximate surface area is 88.3 Å². The van der Waals surface area contributed by atoms with Crippen LogP contribution in [0.1, 0.15) is 10.4 Å². The number of benzene rings is 1. The average Bonchev–Trinajstić information content (AvgIpc) is 2.28. The minimum Gasteiger partial charge on any atom is -0.497 e. The Bertz CT molecular complexity index is 385. The lowest BCUT2D eigenvalue weighted by molar-refractivity contribution is 0.104. The van der Waals surface area contributed by atoms with Crippen molar-refractivity contribution in [3.8, 4) is 11.5 Å². The van der Waals surface area contributed by atoms with Crippen LogP contribution in [-0.2, 0) is 0 Å². The van der Waals surface area contributed by atoms with E-state index in [2.05, 4.69) is 0 Å². The lowest BCUT2D eigenvalue weighted by Crippen LogP contribution is -2.00. The van der Waals surface area contributed by atoms with E-state index in [-0.39, 0.29) is 5.78 Å². The molecule has 0 amide bonds. The maximum absolute atomic E-state index is 11.5. The van der Waals surface area contributed by atoms with Crippen LogP contribution in [0.3, 0.4) is 0 Å². The van der Waals surface area contributed by atoms with E-state index in [0.29, 0.717) is 17.1 Å². The van der Waals surface area contributed by atoms with Gasteiger partial charge in [0.05, 0.1) is 19.8 Å². The third kappa shape index (κ3) is 2.49. The second-order valence-corrected chi connectivity index (χ2v) is 2.79. The molecule has 0 radical (unpaired) electrons. The number of allylic oxidation sites excluding steroid dienone is 1. The summed E-state index contributed by atoms with van der Waals surface area (Å²) in [6.07, 6.45) is 2.48. The van der Waals surface area contributed by atoms with Crippen LogP contribution in [0.5, 0.6) is 11.5 Å². The maximum atomic E-state index is 11.5. The molecular weight excluding hydrogens is 194 g/mol. The zero-order valence-electron chi connectivity index (χ0n) is 8.69. The Balaban J connectivity index is 3.12. The minimum absolute atomic E-state index is 0.197. The molecule has 1 aromatic carbocycles. The van der Waals surface area contributed by atoms with Gasteiger partial charge in [-0.05, 0) is 18.3 Å². The van der Waals surface area contributed by atoms with E-state index < -0.39 is 0 Å². The molecule has 0 aliphatic carbocycles. The molecule has 0 heterocycles. The smallest absolute Gasteiger partial charge is 0.190 e. The van der Waals surface area contributed by atoms with E-state index >= 15 is 0 Å². The molecule has 1 aromatic rings. The van der Waals surface area contributed by atoms with Gasteiger partial charge in [-0.1, -0.05) is 0 Å². The third-order valence-electron chi connectivity index (χ3n) is 1.92. The number of ketones is 1. The summed E-state index contributed by atoms with van der Waals surface area (Å²) in [6, 6.07) is 4.98. The topological polar surface area (TPSA) is 61.5 Å². The Morgan fingerprint density at radius 2 is 2.07 bits per heavy atom. The molecule has 15 heavy (non-hydrogen) atoms. The summed E-state index contributed by atoms with van der Waals surface area (Å²) in [6.45, 7) is 0. The summed E-state index contributed by atoms with van der Waals surface area (Å²) in [7, 11) is 3.05. The molecule has 0 saturated heterocycles. The molecule has 80 valence electrons. The van der Waals surface area contributed by atoms with Gasteiger partial charge < -0.3 is 15.2 Å². The van der Waals surface area contributed by atoms with Crippen LogP contribution in [0, 0.1) is 0 Å². The molecule has 0 bridgehead atoms. The number of carbonyl (C=O) groups is 1. The average molecular weight is 207 g/mol. The van der Waals surface area contributed by atoms with Crippen molar-refractivity contribution < 1.29 is 14.3 Å². The van der Waals surface area contributed by atoms with Crippen molar-refractivity contribution in [1.82, 2.24) is 0 Å². The number of hydrogen-bond acceptors (Lipinski definition) is 4. The summed E-state index contributed by atoms with van der Waals surface area (Å²) in [5, 5.41) is 0. The molecule has 0 aliphatic heterocycles. The van der Waals surface area contributed by atoms with Gasteiger partial charge in [0.2, 0.25) is 0 Å². The van der Waals surface area contributed by atoms with E-state index in [1.165, 1.54) is 19.4 Å². The monoisotopic (exact) mass is 207 g/mol. The van der Waals surface area contributed by atoms with E-state index in [0.717, 1.165) is 0 Å². The molecule has 1 rings (SSSR count). The van der Waals surface area contributed by atoms with Crippen LogP contribution in [-0.4, -0.2) is 20.0 Å². The highest BCUT2D eigenvalue weighted by atomic mass is 16.5. The highest BCUT2D eigenvalue weighted by Crippen LogP contribution is 2.24. The van der Waals surface area contributed by atoms with Gasteiger partial charge in [0.15, 0.2) is 5.78 Å². The van der Waals surface area contributed by atoms with Gasteiger partial charge in [0, 0.05) is 12.1 Å². The fraction of sp³-hybridized carbons (Fsp3) is 0.182. The fourth-order valence-electron chi connectivity index (χ4n) is 1.18. The van der Waals surface area contributed by atoms with Gasteiger partial charge in [0.25, 0.3) is 0 Å². The number of hydrogen-bond donors (Lipinski definition) is 1. The summed E-state index contributed by atoms with van der Waals surface area (Å²) in [4.78, 5) is 11.5. The third-order valence-corrected chi connectivity index (χ3v) is 1.92. The van der Waals surface area contributed by atoms with Crippen molar-refractivity contribution >= 4 is 5.78 Å². The lowest BCUT2D eigenvalue weighted by atomic mass is 10.1. The van der Waals surface area contributed by atoms with Crippen molar-refractivity contribution in [2.24, 2.45) is 5.73 Å². The lowest BCUT2D eigenvalue weighted by Gasteiger charge is -2.07. The molecule has 0 fully saturated rings. The first-order chi connectivity index (χ1) is 7.22. The van der Waals surface area contributed by atoms with E-state index in [1.807, 2.05) is 0 Å². The second kappa shape index (κ2) is 5.05. The summed E-state index contributed by atoms with van der Waals surface area (Å²) >= 11 is 0. The Hall–Kier alpha value is -1.97. The standard InChI is InChI=1S/C11H13NO3/c1-14-8-3-4-9(10(13)5-6-12)11(7-8)15-2/h3-7H,12H2,1-2H3. The zero-order chi connectivity index (χ0) is 11.3. The molecular formula is C11H13NO3. The van der Waals surface area contributed by atoms with E-state index in [9.17, 15) is 4.79 Å². The quantitative estimate of drug-likeness (QED) is 0.598. The predicted octanol–water partition coefficient (Wildman–Crippen LogP) is 1.36. The van der Waals surface area contributed by atoms with Gasteiger partial charge in [0.1, 0.15) is 11.5 Å². The van der Waals surface area contributed by atoms with E-state index in [4.69, 9.17) is 15.2 Å². The van der Waals surface area contributed by atoms with Crippen molar-refractivity contribution in [2.45, 2.75) is 0 Å². The van der Waals surface area contributed by atoms with Gasteiger partial charge in [-0.15, -0.1) is 0 Å². The highest BCUT2D eigenvalue weighted by Gasteiger charge is 2.10. The van der Waals surface area contributed by atoms with Crippen molar-refractivity contribution in [2.75, 3.05) is 14.2 Å². The number of methoxy groups -OCH3 is 2. The largest absolute Gasteiger partial charge is 0.497 e. The second-order valence-electron chi connectivity index (χ2n) is 2.79. The molecule has 0 atom stereocenters. The Kier molecular flexibility index (Phi) is 3.74. The van der Waals surface area contributed by atoms with Crippen LogP contribution in [0.25, 0.3) is 0 Å². The molecule has 0 saturated carbocycles. The van der Waals surface area contributed by atoms with Gasteiger partial charge in [-0.3, -0.25) is 4.79 Å². The minimum atomic E-state index is -0.197. The van der Waals surface area contributed by atoms with Gasteiger partial charge in [-0.2, -0.15) is 0 Å². The summed E-state index contributed by atoms with van der Waals surface area (Å²) in [5.74, 6) is 0.912. The van der Waals surface area contributed by atoms with Crippen LogP contribution in [0.4, 0.5) is 0 Å². The Morgan fingerprint density at radius 3 is 2.60 bits per heavy atom. The zero-order valence-corrected chi connectivity index (χ0v) is 8.69. The van der Waals surface area contributed by atoms with Crippen LogP contribution < -0.4 is 15.2 Å². The predicted molar refractivity (Wildman–Crippen MR) is 57.2 cm³/mol. The first-order valence-corrected chi connectivity index (χ1v) is 4.37. The van der Waals surface area contributed by atoms with Crippen molar-refractivity contribution in [3.63, 3.8) is 0 Å². The van der Waals surface area contributed by atoms with Gasteiger partial charge in [-0.25, -0.2) is 0 Å². The van der Waals surface area contributed by atoms with Gasteiger partial charge >= 0.3 is 0 Å². The number of nitrogens with two attached hydrogens (primary N) is 1. The maximum Gasteiger partial charge on any atom is 0.190 e. The van der Waals surface area contributed by atoms with Crippen molar-refractivity contribution in [1.29, 1.82) is 0 Å². The normalized spacial score (nSPS) is 10.3. The molecule has 4 heteroatoms. The van der Waals surface area contributed by atoms with E-state index in [1.54, 1.807) is 25.3 Å². The Morgan fingerprint density at radius 1 is 1.33 bits per heavy atom. The fourth-order valence-corrected chi connectivity index (χ4v) is 1.18. The summed E-state index contributed by atoms with van der Waals surface area (Å²) < 4.78 is 10.1. The molecule has 0 unspecified atom stereocenters. The molecule has 0 spiro atoms. The first kappa shape index (κ1) is 11.1. The summed E-state index contributed by atoms with van der Waals surface area (Å²) in [5.41, 5.74) is 5.61. The first-order valence-electron chi connectivity index (χ1n) is 4.37. The molecule has 2 N–H and O–H groups in total. The van der Waals surface area contributed by atoms with Crippen LogP contribution >= 0.6 is 0 Å². The van der Waals surface area contributed by atoms with Crippen LogP contribution in [0.15, 0.2) is 30.5 Å². The number of rotatable bonds is 4. The molecule has 0 aromatic heterocycles. The highest BCUT2D eigenvalue weighted by molar-refractivity contribution is 6.06. The molecule has 0 aliphatic rings.